The largest absolute Gasteiger partial charge is 0.573 e. The zero-order chi connectivity index (χ0) is 20.4. The molecule has 0 aliphatic carbocycles. The van der Waals surface area contributed by atoms with E-state index in [1.165, 1.54) is 30.3 Å². The highest BCUT2D eigenvalue weighted by atomic mass is 19.4. The average molecular weight is 398 g/mol. The van der Waals surface area contributed by atoms with Crippen molar-refractivity contribution in [3.05, 3.63) is 67.0 Å². The van der Waals surface area contributed by atoms with E-state index in [-0.39, 0.29) is 11.5 Å². The highest BCUT2D eigenvalue weighted by Gasteiger charge is 2.31. The van der Waals surface area contributed by atoms with E-state index in [1.807, 2.05) is 0 Å². The number of aromatic hydroxyl groups is 1. The van der Waals surface area contributed by atoms with E-state index in [2.05, 4.69) is 25.0 Å². The van der Waals surface area contributed by atoms with Crippen molar-refractivity contribution in [3.8, 4) is 22.9 Å². The summed E-state index contributed by atoms with van der Waals surface area (Å²) in [6.45, 7) is 0. The fraction of sp³-hybridized carbons (Fsp3) is 0.0500. The Kier molecular flexibility index (Phi) is 4.63. The van der Waals surface area contributed by atoms with Crippen molar-refractivity contribution in [3.63, 3.8) is 0 Å². The summed E-state index contributed by atoms with van der Waals surface area (Å²) in [5, 5.41) is 13.3. The van der Waals surface area contributed by atoms with E-state index in [0.29, 0.717) is 33.8 Å². The van der Waals surface area contributed by atoms with Gasteiger partial charge in [-0.05, 0) is 42.5 Å². The van der Waals surface area contributed by atoms with Crippen LogP contribution in [0.2, 0.25) is 0 Å². The Labute approximate surface area is 162 Å². The molecule has 0 saturated carbocycles. The SMILES string of the molecule is Oc1ccc2nc(-c3cccnc3)nc(Nc3cccc(OC(F)(F)F)c3)c2c1. The lowest BCUT2D eigenvalue weighted by Gasteiger charge is -2.13. The normalized spacial score (nSPS) is 11.4. The maximum atomic E-state index is 12.5. The molecule has 0 bridgehead atoms. The molecule has 29 heavy (non-hydrogen) atoms. The summed E-state index contributed by atoms with van der Waals surface area (Å²) in [6, 6.07) is 13.5. The van der Waals surface area contributed by atoms with E-state index in [1.54, 1.807) is 36.7 Å². The maximum Gasteiger partial charge on any atom is 0.573 e. The number of pyridine rings is 1. The predicted octanol–water partition coefficient (Wildman–Crippen LogP) is 5.04. The van der Waals surface area contributed by atoms with Crippen LogP contribution in [-0.2, 0) is 0 Å². The minimum atomic E-state index is -4.79. The van der Waals surface area contributed by atoms with E-state index in [4.69, 9.17) is 0 Å². The highest BCUT2D eigenvalue weighted by Crippen LogP contribution is 2.31. The van der Waals surface area contributed by atoms with Crippen molar-refractivity contribution in [2.45, 2.75) is 6.36 Å². The molecular formula is C20H13F3N4O2. The second-order valence-corrected chi connectivity index (χ2v) is 6.04. The van der Waals surface area contributed by atoms with Crippen LogP contribution in [0.25, 0.3) is 22.3 Å². The molecule has 0 aliphatic heterocycles. The number of alkyl halides is 3. The first-order chi connectivity index (χ1) is 13.9. The van der Waals surface area contributed by atoms with Crippen molar-refractivity contribution >= 4 is 22.4 Å². The first kappa shape index (κ1) is 18.5. The van der Waals surface area contributed by atoms with E-state index in [0.717, 1.165) is 0 Å². The summed E-state index contributed by atoms with van der Waals surface area (Å²) >= 11 is 0. The van der Waals surface area contributed by atoms with Gasteiger partial charge in [0.25, 0.3) is 0 Å². The third-order valence-corrected chi connectivity index (χ3v) is 3.93. The lowest BCUT2D eigenvalue weighted by Crippen LogP contribution is -2.17. The number of anilines is 2. The number of halogens is 3. The third kappa shape index (κ3) is 4.34. The Morgan fingerprint density at radius 2 is 1.83 bits per heavy atom. The van der Waals surface area contributed by atoms with Crippen LogP contribution in [0.1, 0.15) is 0 Å². The Balaban J connectivity index is 1.78. The van der Waals surface area contributed by atoms with Crippen LogP contribution in [0.5, 0.6) is 11.5 Å². The van der Waals surface area contributed by atoms with Crippen LogP contribution in [0, 0.1) is 0 Å². The number of phenols is 1. The highest BCUT2D eigenvalue weighted by molar-refractivity contribution is 5.93. The number of nitrogens with one attached hydrogen (secondary N) is 1. The van der Waals surface area contributed by atoms with Gasteiger partial charge in [0.1, 0.15) is 17.3 Å². The summed E-state index contributed by atoms with van der Waals surface area (Å²) in [6.07, 6.45) is -1.57. The van der Waals surface area contributed by atoms with Crippen LogP contribution in [0.4, 0.5) is 24.7 Å². The van der Waals surface area contributed by atoms with Crippen LogP contribution in [-0.4, -0.2) is 26.4 Å². The number of aromatic nitrogens is 3. The zero-order valence-electron chi connectivity index (χ0n) is 14.7. The van der Waals surface area contributed by atoms with Gasteiger partial charge in [0.2, 0.25) is 0 Å². The molecule has 0 aliphatic rings. The molecule has 0 amide bonds. The first-order valence-electron chi connectivity index (χ1n) is 8.41. The van der Waals surface area contributed by atoms with Gasteiger partial charge < -0.3 is 15.2 Å². The standard InChI is InChI=1S/C20H13F3N4O2/c21-20(22,23)29-15-5-1-4-13(9-15)25-19-16-10-14(28)6-7-17(16)26-18(27-19)12-3-2-8-24-11-12/h1-11,28H,(H,25,26,27). The zero-order valence-corrected chi connectivity index (χ0v) is 14.7. The summed E-state index contributed by atoms with van der Waals surface area (Å²) in [5.41, 5.74) is 1.54. The van der Waals surface area contributed by atoms with E-state index >= 15 is 0 Å². The number of rotatable bonds is 4. The van der Waals surface area contributed by atoms with Crippen molar-refractivity contribution < 1.29 is 23.0 Å². The number of benzene rings is 2. The molecule has 2 heterocycles. The number of hydrogen-bond acceptors (Lipinski definition) is 6. The smallest absolute Gasteiger partial charge is 0.508 e. The molecule has 4 rings (SSSR count). The molecule has 6 nitrogen and oxygen atoms in total. The van der Waals surface area contributed by atoms with Gasteiger partial charge in [-0.3, -0.25) is 4.98 Å². The van der Waals surface area contributed by atoms with E-state index < -0.39 is 6.36 Å². The molecule has 2 N–H and O–H groups in total. The number of fused-ring (bicyclic) bond motifs is 1. The van der Waals surface area contributed by atoms with Crippen molar-refractivity contribution in [1.29, 1.82) is 0 Å². The molecule has 2 aromatic heterocycles. The van der Waals surface area contributed by atoms with Crippen molar-refractivity contribution in [2.24, 2.45) is 0 Å². The van der Waals surface area contributed by atoms with E-state index in [9.17, 15) is 18.3 Å². The molecule has 0 radical (unpaired) electrons. The molecule has 9 heteroatoms. The summed E-state index contributed by atoms with van der Waals surface area (Å²) in [5.74, 6) is 0.332. The molecule has 2 aromatic carbocycles. The Bertz CT molecular complexity index is 1170. The molecule has 0 saturated heterocycles. The lowest BCUT2D eigenvalue weighted by atomic mass is 10.2. The number of nitrogens with zero attached hydrogens (tertiary/aromatic N) is 3. The van der Waals surface area contributed by atoms with Gasteiger partial charge in [-0.1, -0.05) is 6.07 Å². The van der Waals surface area contributed by atoms with Crippen LogP contribution in [0.15, 0.2) is 67.0 Å². The minimum Gasteiger partial charge on any atom is -0.508 e. The van der Waals surface area contributed by atoms with Crippen molar-refractivity contribution in [2.75, 3.05) is 5.32 Å². The lowest BCUT2D eigenvalue weighted by molar-refractivity contribution is -0.274. The predicted molar refractivity (Wildman–Crippen MR) is 101 cm³/mol. The summed E-state index contributed by atoms with van der Waals surface area (Å²) in [7, 11) is 0. The Morgan fingerprint density at radius 1 is 0.966 bits per heavy atom. The summed E-state index contributed by atoms with van der Waals surface area (Å²) < 4.78 is 41.4. The molecule has 4 aromatic rings. The molecule has 0 spiro atoms. The quantitative estimate of drug-likeness (QED) is 0.501. The third-order valence-electron chi connectivity index (χ3n) is 3.93. The summed E-state index contributed by atoms with van der Waals surface area (Å²) in [4.78, 5) is 13.0. The van der Waals surface area contributed by atoms with Gasteiger partial charge in [0.05, 0.1) is 5.52 Å². The maximum absolute atomic E-state index is 12.5. The molecule has 0 atom stereocenters. The number of hydrogen-bond donors (Lipinski definition) is 2. The average Bonchev–Trinajstić information content (AvgIpc) is 2.68. The van der Waals surface area contributed by atoms with Gasteiger partial charge in [-0.15, -0.1) is 13.2 Å². The second-order valence-electron chi connectivity index (χ2n) is 6.04. The van der Waals surface area contributed by atoms with Gasteiger partial charge in [0, 0.05) is 35.1 Å². The monoisotopic (exact) mass is 398 g/mol. The molecule has 146 valence electrons. The fourth-order valence-electron chi connectivity index (χ4n) is 2.74. The van der Waals surface area contributed by atoms with Gasteiger partial charge in [-0.25, -0.2) is 9.97 Å². The van der Waals surface area contributed by atoms with Crippen molar-refractivity contribution in [1.82, 2.24) is 15.0 Å². The first-order valence-corrected chi connectivity index (χ1v) is 8.41. The Morgan fingerprint density at radius 3 is 2.59 bits per heavy atom. The van der Waals surface area contributed by atoms with Gasteiger partial charge in [-0.2, -0.15) is 0 Å². The fourth-order valence-corrected chi connectivity index (χ4v) is 2.74. The van der Waals surface area contributed by atoms with Crippen LogP contribution < -0.4 is 10.1 Å². The second kappa shape index (κ2) is 7.27. The van der Waals surface area contributed by atoms with Crippen LogP contribution in [0.3, 0.4) is 0 Å². The Hall–Kier alpha value is -3.88. The molecular weight excluding hydrogens is 385 g/mol. The number of phenolic OH excluding ortho intramolecular Hbond substituents is 1. The molecule has 0 unspecified atom stereocenters. The van der Waals surface area contributed by atoms with Gasteiger partial charge >= 0.3 is 6.36 Å². The minimum absolute atomic E-state index is 0.00688. The molecule has 0 fully saturated rings. The topological polar surface area (TPSA) is 80.2 Å². The van der Waals surface area contributed by atoms with Gasteiger partial charge in [0.15, 0.2) is 5.82 Å². The van der Waals surface area contributed by atoms with Crippen LogP contribution >= 0.6 is 0 Å². The number of ether oxygens (including phenoxy) is 1.